The molecule has 0 saturated heterocycles. The van der Waals surface area contributed by atoms with Gasteiger partial charge in [-0.25, -0.2) is 4.98 Å². The molecular formula is C12H12N4O2. The van der Waals surface area contributed by atoms with E-state index in [0.717, 1.165) is 5.82 Å². The highest BCUT2D eigenvalue weighted by atomic mass is 16.1. The summed E-state index contributed by atoms with van der Waals surface area (Å²) in [5, 5.41) is 0. The number of H-pyrrole nitrogens is 2. The molecule has 0 spiro atoms. The molecule has 0 saturated carbocycles. The number of aryl methyl sites for hydroxylation is 2. The topological polar surface area (TPSA) is 83.0 Å². The molecule has 0 aliphatic heterocycles. The Morgan fingerprint density at radius 2 is 2.06 bits per heavy atom. The van der Waals surface area contributed by atoms with Gasteiger partial charge in [-0.1, -0.05) is 6.92 Å². The van der Waals surface area contributed by atoms with Crippen LogP contribution < -0.4 is 11.1 Å². The Kier molecular flexibility index (Phi) is 2.13. The molecule has 0 radical (unpaired) electrons. The third-order valence-electron chi connectivity index (χ3n) is 3.02. The lowest BCUT2D eigenvalue weighted by Gasteiger charge is -2.03. The molecule has 3 aromatic heterocycles. The lowest BCUT2D eigenvalue weighted by atomic mass is 10.3. The summed E-state index contributed by atoms with van der Waals surface area (Å²) in [6, 6.07) is 2.99. The Bertz CT molecular complexity index is 869. The highest BCUT2D eigenvalue weighted by Gasteiger charge is 2.13. The standard InChI is InChI=1S/C12H12N4O2/c1-3-8-13-6(2)10-12(18)14-7-4-5-9(17)15-11(7)16(8)10/h4-5H,3H2,1-2H3,(H,14,18)(H,15,17). The van der Waals surface area contributed by atoms with Crippen LogP contribution in [0.4, 0.5) is 0 Å². The van der Waals surface area contributed by atoms with Gasteiger partial charge in [0.15, 0.2) is 0 Å². The van der Waals surface area contributed by atoms with Crippen molar-refractivity contribution < 1.29 is 0 Å². The molecule has 0 atom stereocenters. The largest absolute Gasteiger partial charge is 0.317 e. The van der Waals surface area contributed by atoms with Crippen LogP contribution >= 0.6 is 0 Å². The van der Waals surface area contributed by atoms with Crippen LogP contribution in [0.15, 0.2) is 21.7 Å². The monoisotopic (exact) mass is 244 g/mol. The van der Waals surface area contributed by atoms with E-state index in [2.05, 4.69) is 15.0 Å². The van der Waals surface area contributed by atoms with Gasteiger partial charge in [0.25, 0.3) is 5.56 Å². The maximum atomic E-state index is 12.0. The van der Waals surface area contributed by atoms with Crippen LogP contribution in [0.2, 0.25) is 0 Å². The summed E-state index contributed by atoms with van der Waals surface area (Å²) < 4.78 is 1.73. The molecule has 0 amide bonds. The second-order valence-electron chi connectivity index (χ2n) is 4.19. The van der Waals surface area contributed by atoms with E-state index in [1.807, 2.05) is 6.92 Å². The highest BCUT2D eigenvalue weighted by molar-refractivity contribution is 5.74. The van der Waals surface area contributed by atoms with E-state index >= 15 is 0 Å². The Labute approximate surface area is 101 Å². The Morgan fingerprint density at radius 3 is 2.78 bits per heavy atom. The molecule has 0 unspecified atom stereocenters. The number of nitrogens with one attached hydrogen (secondary N) is 2. The molecule has 0 aromatic carbocycles. The number of aromatic nitrogens is 4. The third kappa shape index (κ3) is 1.32. The minimum Gasteiger partial charge on any atom is -0.317 e. The number of pyridine rings is 1. The second-order valence-corrected chi connectivity index (χ2v) is 4.19. The molecule has 6 nitrogen and oxygen atoms in total. The van der Waals surface area contributed by atoms with Crippen LogP contribution in [0.3, 0.4) is 0 Å². The minimum absolute atomic E-state index is 0.195. The summed E-state index contributed by atoms with van der Waals surface area (Å²) >= 11 is 0. The van der Waals surface area contributed by atoms with E-state index < -0.39 is 0 Å². The number of hydrogen-bond donors (Lipinski definition) is 2. The van der Waals surface area contributed by atoms with Crippen LogP contribution in [0.1, 0.15) is 18.4 Å². The molecule has 0 bridgehead atoms. The van der Waals surface area contributed by atoms with Gasteiger partial charge < -0.3 is 9.97 Å². The normalized spacial score (nSPS) is 11.4. The van der Waals surface area contributed by atoms with Gasteiger partial charge >= 0.3 is 0 Å². The fourth-order valence-electron chi connectivity index (χ4n) is 2.25. The van der Waals surface area contributed by atoms with E-state index in [0.29, 0.717) is 28.8 Å². The van der Waals surface area contributed by atoms with Crippen LogP contribution in [0, 0.1) is 6.92 Å². The smallest absolute Gasteiger partial charge is 0.274 e. The number of aromatic amines is 2. The van der Waals surface area contributed by atoms with Crippen LogP contribution in [0.5, 0.6) is 0 Å². The number of hydrogen-bond acceptors (Lipinski definition) is 3. The number of imidazole rings is 1. The Morgan fingerprint density at radius 1 is 1.28 bits per heavy atom. The van der Waals surface area contributed by atoms with E-state index in [1.165, 1.54) is 6.07 Å². The molecule has 0 aliphatic carbocycles. The molecule has 92 valence electrons. The lowest BCUT2D eigenvalue weighted by molar-refractivity contribution is 0.932. The number of rotatable bonds is 1. The van der Waals surface area contributed by atoms with Crippen molar-refractivity contribution in [2.24, 2.45) is 0 Å². The highest BCUT2D eigenvalue weighted by Crippen LogP contribution is 2.14. The van der Waals surface area contributed by atoms with Gasteiger partial charge in [0.05, 0.1) is 11.2 Å². The maximum Gasteiger partial charge on any atom is 0.274 e. The first-order valence-electron chi connectivity index (χ1n) is 5.75. The lowest BCUT2D eigenvalue weighted by Crippen LogP contribution is -2.15. The first-order valence-corrected chi connectivity index (χ1v) is 5.75. The van der Waals surface area contributed by atoms with Gasteiger partial charge in [0.1, 0.15) is 17.0 Å². The fraction of sp³-hybridized carbons (Fsp3) is 0.250. The van der Waals surface area contributed by atoms with E-state index in [-0.39, 0.29) is 11.1 Å². The molecule has 18 heavy (non-hydrogen) atoms. The van der Waals surface area contributed by atoms with Crippen molar-refractivity contribution in [2.75, 3.05) is 0 Å². The van der Waals surface area contributed by atoms with Crippen molar-refractivity contribution in [3.8, 4) is 0 Å². The zero-order chi connectivity index (χ0) is 12.9. The quantitative estimate of drug-likeness (QED) is 0.662. The molecule has 6 heteroatoms. The predicted molar refractivity (Wildman–Crippen MR) is 68.1 cm³/mol. The zero-order valence-corrected chi connectivity index (χ0v) is 10.1. The summed E-state index contributed by atoms with van der Waals surface area (Å²) in [7, 11) is 0. The average Bonchev–Trinajstić information content (AvgIpc) is 2.68. The molecule has 3 rings (SSSR count). The van der Waals surface area contributed by atoms with E-state index in [9.17, 15) is 9.59 Å². The van der Waals surface area contributed by atoms with Crippen molar-refractivity contribution in [1.82, 2.24) is 19.4 Å². The molecule has 0 fully saturated rings. The zero-order valence-electron chi connectivity index (χ0n) is 10.1. The van der Waals surface area contributed by atoms with Gasteiger partial charge in [0.2, 0.25) is 5.56 Å². The minimum atomic E-state index is -0.204. The van der Waals surface area contributed by atoms with Gasteiger partial charge in [0, 0.05) is 12.5 Å². The first-order chi connectivity index (χ1) is 8.61. The predicted octanol–water partition coefficient (Wildman–Crippen LogP) is 0.735. The van der Waals surface area contributed by atoms with E-state index in [4.69, 9.17) is 0 Å². The van der Waals surface area contributed by atoms with Crippen molar-refractivity contribution in [3.63, 3.8) is 0 Å². The number of fused-ring (bicyclic) bond motifs is 3. The van der Waals surface area contributed by atoms with Crippen molar-refractivity contribution in [3.05, 3.63) is 44.4 Å². The van der Waals surface area contributed by atoms with Crippen molar-refractivity contribution in [1.29, 1.82) is 0 Å². The SMILES string of the molecule is CCc1nc(C)c2c(=O)[nH]c3ccc(=O)[nH]c3n12. The molecular weight excluding hydrogens is 232 g/mol. The van der Waals surface area contributed by atoms with Gasteiger partial charge in [-0.2, -0.15) is 0 Å². The van der Waals surface area contributed by atoms with E-state index in [1.54, 1.807) is 17.4 Å². The summed E-state index contributed by atoms with van der Waals surface area (Å²) in [4.78, 5) is 33.3. The second kappa shape index (κ2) is 3.56. The molecule has 3 aromatic rings. The van der Waals surface area contributed by atoms with Gasteiger partial charge in [-0.3, -0.25) is 14.0 Å². The summed E-state index contributed by atoms with van der Waals surface area (Å²) in [6.45, 7) is 3.75. The van der Waals surface area contributed by atoms with Gasteiger partial charge in [-0.15, -0.1) is 0 Å². The third-order valence-corrected chi connectivity index (χ3v) is 3.02. The molecule has 2 N–H and O–H groups in total. The Balaban J connectivity index is 2.70. The van der Waals surface area contributed by atoms with Crippen LogP contribution in [0.25, 0.3) is 16.7 Å². The number of nitrogens with zero attached hydrogens (tertiary/aromatic N) is 2. The molecule has 0 aliphatic rings. The summed E-state index contributed by atoms with van der Waals surface area (Å²) in [6.07, 6.45) is 0.685. The van der Waals surface area contributed by atoms with Crippen LogP contribution in [-0.2, 0) is 6.42 Å². The summed E-state index contributed by atoms with van der Waals surface area (Å²) in [5.41, 5.74) is 1.93. The van der Waals surface area contributed by atoms with Crippen molar-refractivity contribution >= 4 is 16.7 Å². The molecule has 3 heterocycles. The van der Waals surface area contributed by atoms with Crippen molar-refractivity contribution in [2.45, 2.75) is 20.3 Å². The summed E-state index contributed by atoms with van der Waals surface area (Å²) in [5.74, 6) is 0.764. The maximum absolute atomic E-state index is 12.0. The Hall–Kier alpha value is -2.37. The van der Waals surface area contributed by atoms with Crippen LogP contribution in [-0.4, -0.2) is 19.4 Å². The average molecular weight is 244 g/mol. The fourth-order valence-corrected chi connectivity index (χ4v) is 2.25. The first kappa shape index (κ1) is 10.8. The van der Waals surface area contributed by atoms with Gasteiger partial charge in [-0.05, 0) is 13.0 Å².